The molecular weight excluding hydrogens is 422 g/mol. The molecule has 8 heteroatoms. The fraction of sp³-hybridized carbons (Fsp3) is 0.292. The third-order valence-electron chi connectivity index (χ3n) is 5.11. The fourth-order valence-corrected chi connectivity index (χ4v) is 4.38. The lowest BCUT2D eigenvalue weighted by Gasteiger charge is -2.16. The normalized spacial score (nSPS) is 11.0. The quantitative estimate of drug-likeness (QED) is 0.435. The van der Waals surface area contributed by atoms with Gasteiger partial charge in [-0.3, -0.25) is 4.79 Å². The Morgan fingerprint density at radius 3 is 2.66 bits per heavy atom. The van der Waals surface area contributed by atoms with E-state index in [0.717, 1.165) is 38.2 Å². The highest BCUT2D eigenvalue weighted by Gasteiger charge is 2.18. The lowest BCUT2D eigenvalue weighted by atomic mass is 10.2. The maximum Gasteiger partial charge on any atom is 0.239 e. The Bertz CT molecular complexity index is 1230. The van der Waals surface area contributed by atoms with Crippen molar-refractivity contribution in [3.63, 3.8) is 0 Å². The minimum Gasteiger partial charge on any atom is -0.494 e. The van der Waals surface area contributed by atoms with Crippen molar-refractivity contribution in [2.45, 2.75) is 27.3 Å². The molecule has 1 N–H and O–H groups in total. The molecule has 0 aliphatic carbocycles. The van der Waals surface area contributed by atoms with E-state index in [1.165, 1.54) is 5.56 Å². The molecule has 0 spiro atoms. The predicted octanol–water partition coefficient (Wildman–Crippen LogP) is 4.25. The maximum absolute atomic E-state index is 12.6. The summed E-state index contributed by atoms with van der Waals surface area (Å²) < 4.78 is 8.52. The molecule has 0 radical (unpaired) electrons. The number of carbonyl (C=O) groups excluding carboxylic acids is 1. The van der Waals surface area contributed by atoms with Gasteiger partial charge in [-0.2, -0.15) is 10.1 Å². The molecule has 0 saturated heterocycles. The third-order valence-corrected chi connectivity index (χ3v) is 6.38. The summed E-state index contributed by atoms with van der Waals surface area (Å²) >= 11 is 1.55. The van der Waals surface area contributed by atoms with Crippen LogP contribution >= 0.6 is 11.3 Å². The van der Waals surface area contributed by atoms with Crippen molar-refractivity contribution < 1.29 is 9.53 Å². The number of amides is 1. The van der Waals surface area contributed by atoms with Gasteiger partial charge in [-0.1, -0.05) is 47.2 Å². The number of thiazole rings is 1. The number of aryl methyl sites for hydroxylation is 2. The number of hydrogen-bond acceptors (Lipinski definition) is 6. The van der Waals surface area contributed by atoms with Crippen LogP contribution in [0.2, 0.25) is 0 Å². The molecule has 1 amide bonds. The zero-order valence-corrected chi connectivity index (χ0v) is 19.6. The van der Waals surface area contributed by atoms with Gasteiger partial charge in [0.05, 0.1) is 29.2 Å². The molecule has 0 aliphatic heterocycles. The summed E-state index contributed by atoms with van der Waals surface area (Å²) in [5, 5.41) is 8.41. The number of likely N-dealkylation sites (N-methyl/N-ethyl adjacent to an activating group) is 1. The zero-order chi connectivity index (χ0) is 22.7. The van der Waals surface area contributed by atoms with E-state index >= 15 is 0 Å². The Morgan fingerprint density at radius 1 is 1.16 bits per heavy atom. The lowest BCUT2D eigenvalue weighted by Crippen LogP contribution is -2.34. The van der Waals surface area contributed by atoms with E-state index in [2.05, 4.69) is 29.5 Å². The van der Waals surface area contributed by atoms with Crippen molar-refractivity contribution in [2.75, 3.05) is 25.1 Å². The molecule has 2 aromatic carbocycles. The smallest absolute Gasteiger partial charge is 0.239 e. The molecule has 0 saturated carbocycles. The highest BCUT2D eigenvalue weighted by molar-refractivity contribution is 7.22. The van der Waals surface area contributed by atoms with Crippen LogP contribution in [0, 0.1) is 13.8 Å². The van der Waals surface area contributed by atoms with Crippen molar-refractivity contribution in [3.05, 3.63) is 65.4 Å². The molecule has 0 atom stereocenters. The van der Waals surface area contributed by atoms with Crippen LogP contribution in [-0.2, 0) is 11.3 Å². The molecule has 4 aromatic rings. The number of ether oxygens (including phenoxy) is 1. The Kier molecular flexibility index (Phi) is 6.41. The number of hydrogen-bond donors (Lipinski definition) is 1. The molecule has 32 heavy (non-hydrogen) atoms. The molecule has 166 valence electrons. The van der Waals surface area contributed by atoms with E-state index in [1.54, 1.807) is 11.3 Å². The van der Waals surface area contributed by atoms with E-state index in [4.69, 9.17) is 9.72 Å². The van der Waals surface area contributed by atoms with Gasteiger partial charge in [-0.05, 0) is 39.0 Å². The van der Waals surface area contributed by atoms with Gasteiger partial charge in [-0.25, -0.2) is 4.68 Å². The van der Waals surface area contributed by atoms with Crippen LogP contribution in [0.5, 0.6) is 5.75 Å². The number of carbonyl (C=O) groups is 1. The predicted molar refractivity (Wildman–Crippen MR) is 129 cm³/mol. The number of fused-ring (bicyclic) bond motifs is 1. The Hall–Kier alpha value is -3.39. The van der Waals surface area contributed by atoms with Crippen molar-refractivity contribution >= 4 is 32.7 Å². The summed E-state index contributed by atoms with van der Waals surface area (Å²) in [6.07, 6.45) is 0. The second-order valence-corrected chi connectivity index (χ2v) is 8.63. The monoisotopic (exact) mass is 449 g/mol. The van der Waals surface area contributed by atoms with Gasteiger partial charge in [0, 0.05) is 19.2 Å². The first-order chi connectivity index (χ1) is 15.5. The van der Waals surface area contributed by atoms with Crippen molar-refractivity contribution in [2.24, 2.45) is 0 Å². The van der Waals surface area contributed by atoms with Gasteiger partial charge < -0.3 is 15.0 Å². The van der Waals surface area contributed by atoms with Gasteiger partial charge in [-0.15, -0.1) is 0 Å². The first-order valence-corrected chi connectivity index (χ1v) is 11.4. The standard InChI is InChI=1S/C24H27N5O2S/c1-5-31-20-9-7-6-8-18(20)14-25-21(30)15-28(4)24-26-23-22(32-24)17(3)27-29(23)19-12-10-16(2)11-13-19/h6-13H,5,14-15H2,1-4H3,(H,25,30). The zero-order valence-electron chi connectivity index (χ0n) is 18.8. The number of rotatable bonds is 8. The molecule has 0 aliphatic rings. The summed E-state index contributed by atoms with van der Waals surface area (Å²) in [4.78, 5) is 19.2. The van der Waals surface area contributed by atoms with Crippen molar-refractivity contribution in [1.29, 1.82) is 0 Å². The van der Waals surface area contributed by atoms with E-state index in [-0.39, 0.29) is 12.5 Å². The summed E-state index contributed by atoms with van der Waals surface area (Å²) in [6, 6.07) is 15.9. The highest BCUT2D eigenvalue weighted by Crippen LogP contribution is 2.32. The minimum absolute atomic E-state index is 0.0741. The topological polar surface area (TPSA) is 72.3 Å². The van der Waals surface area contributed by atoms with Crippen LogP contribution in [0.25, 0.3) is 16.0 Å². The fourth-order valence-electron chi connectivity index (χ4n) is 3.43. The molecule has 2 heterocycles. The number of anilines is 1. The Balaban J connectivity index is 1.46. The van der Waals surface area contributed by atoms with Crippen LogP contribution in [0.1, 0.15) is 23.7 Å². The molecular formula is C24H27N5O2S. The average molecular weight is 450 g/mol. The second-order valence-electron chi connectivity index (χ2n) is 7.66. The molecule has 4 rings (SSSR count). The molecule has 7 nitrogen and oxygen atoms in total. The van der Waals surface area contributed by atoms with Gasteiger partial charge in [0.2, 0.25) is 5.91 Å². The lowest BCUT2D eigenvalue weighted by molar-refractivity contribution is -0.119. The second kappa shape index (κ2) is 9.40. The third kappa shape index (κ3) is 4.60. The molecule has 2 aromatic heterocycles. The highest BCUT2D eigenvalue weighted by atomic mass is 32.1. The van der Waals surface area contributed by atoms with Gasteiger partial charge in [0.25, 0.3) is 0 Å². The molecule has 0 fully saturated rings. The maximum atomic E-state index is 12.6. The van der Waals surface area contributed by atoms with Crippen LogP contribution < -0.4 is 15.0 Å². The van der Waals surface area contributed by atoms with Gasteiger partial charge in [0.15, 0.2) is 10.8 Å². The minimum atomic E-state index is -0.0741. The first kappa shape index (κ1) is 21.8. The largest absolute Gasteiger partial charge is 0.494 e. The van der Waals surface area contributed by atoms with E-state index in [0.29, 0.717) is 13.2 Å². The van der Waals surface area contributed by atoms with Crippen LogP contribution in [0.15, 0.2) is 48.5 Å². The van der Waals surface area contributed by atoms with E-state index in [9.17, 15) is 4.79 Å². The summed E-state index contributed by atoms with van der Waals surface area (Å²) in [6.45, 7) is 7.21. The summed E-state index contributed by atoms with van der Waals surface area (Å²) in [7, 11) is 1.88. The number of para-hydroxylation sites is 1. The Labute approximate surface area is 191 Å². The Morgan fingerprint density at radius 2 is 1.91 bits per heavy atom. The average Bonchev–Trinajstić information content (AvgIpc) is 3.35. The number of nitrogens with one attached hydrogen (secondary N) is 1. The number of benzene rings is 2. The van der Waals surface area contributed by atoms with E-state index < -0.39 is 0 Å². The number of nitrogens with zero attached hydrogens (tertiary/aromatic N) is 4. The first-order valence-electron chi connectivity index (χ1n) is 10.6. The number of aromatic nitrogens is 3. The van der Waals surface area contributed by atoms with Gasteiger partial charge >= 0.3 is 0 Å². The SMILES string of the molecule is CCOc1ccccc1CNC(=O)CN(C)c1nc2c(s1)c(C)nn2-c1ccc(C)cc1. The van der Waals surface area contributed by atoms with Gasteiger partial charge in [0.1, 0.15) is 5.75 Å². The molecule has 0 bridgehead atoms. The van der Waals surface area contributed by atoms with Crippen LogP contribution in [0.3, 0.4) is 0 Å². The van der Waals surface area contributed by atoms with Crippen molar-refractivity contribution in [1.82, 2.24) is 20.1 Å². The van der Waals surface area contributed by atoms with E-state index in [1.807, 2.05) is 66.9 Å². The van der Waals surface area contributed by atoms with Crippen molar-refractivity contribution in [3.8, 4) is 11.4 Å². The molecule has 0 unspecified atom stereocenters. The summed E-state index contributed by atoms with van der Waals surface area (Å²) in [5.41, 5.74) is 4.86. The van der Waals surface area contributed by atoms with Crippen LogP contribution in [0.4, 0.5) is 5.13 Å². The summed E-state index contributed by atoms with van der Waals surface area (Å²) in [5.74, 6) is 0.723. The van der Waals surface area contributed by atoms with Crippen LogP contribution in [-0.4, -0.2) is 40.9 Å².